The fourth-order valence-corrected chi connectivity index (χ4v) is 3.29. The molecule has 3 rings (SSSR count). The number of carbonyl (C=O) groups is 1. The number of nitriles is 1. The summed E-state index contributed by atoms with van der Waals surface area (Å²) in [5.74, 6) is -1.93. The molecular formula is C22H19ClF2N4O3. The van der Waals surface area contributed by atoms with Gasteiger partial charge < -0.3 is 4.74 Å². The molecule has 166 valence electrons. The van der Waals surface area contributed by atoms with Gasteiger partial charge in [-0.2, -0.15) is 5.26 Å². The molecule has 0 N–H and O–H groups in total. The topological polar surface area (TPSA) is 88.2 Å². The highest BCUT2D eigenvalue weighted by molar-refractivity contribution is 6.35. The van der Waals surface area contributed by atoms with Crippen molar-refractivity contribution in [2.45, 2.75) is 33.3 Å². The number of nitrogens with zero attached hydrogens (tertiary/aromatic N) is 4. The summed E-state index contributed by atoms with van der Waals surface area (Å²) in [6.07, 6.45) is -0.848. The van der Waals surface area contributed by atoms with Gasteiger partial charge in [0.2, 0.25) is 5.95 Å². The second-order valence-corrected chi connectivity index (χ2v) is 8.25. The average Bonchev–Trinajstić information content (AvgIpc) is 2.69. The van der Waals surface area contributed by atoms with Gasteiger partial charge in [-0.3, -0.25) is 4.79 Å². The number of anilines is 1. The first kappa shape index (κ1) is 23.2. The van der Waals surface area contributed by atoms with E-state index >= 15 is 0 Å². The van der Waals surface area contributed by atoms with Gasteiger partial charge in [-0.25, -0.2) is 28.0 Å². The molecule has 0 saturated carbocycles. The number of benzene rings is 2. The minimum atomic E-state index is -0.867. The predicted molar refractivity (Wildman–Crippen MR) is 116 cm³/mol. The van der Waals surface area contributed by atoms with Crippen LogP contribution in [0.1, 0.15) is 33.3 Å². The first-order valence-electron chi connectivity index (χ1n) is 9.59. The highest BCUT2D eigenvalue weighted by Crippen LogP contribution is 2.27. The van der Waals surface area contributed by atoms with Crippen molar-refractivity contribution in [1.82, 2.24) is 9.55 Å². The highest BCUT2D eigenvalue weighted by Gasteiger charge is 2.28. The van der Waals surface area contributed by atoms with Crippen LogP contribution in [-0.2, 0) is 4.74 Å². The van der Waals surface area contributed by atoms with Crippen LogP contribution in [0.2, 0.25) is 5.02 Å². The molecule has 0 atom stereocenters. The van der Waals surface area contributed by atoms with E-state index in [1.807, 2.05) is 0 Å². The van der Waals surface area contributed by atoms with Crippen molar-refractivity contribution in [3.8, 4) is 11.8 Å². The van der Waals surface area contributed by atoms with Crippen molar-refractivity contribution in [1.29, 1.82) is 5.26 Å². The maximum atomic E-state index is 14.6. The van der Waals surface area contributed by atoms with Crippen LogP contribution in [0.5, 0.6) is 0 Å². The van der Waals surface area contributed by atoms with E-state index in [1.165, 1.54) is 12.1 Å². The van der Waals surface area contributed by atoms with E-state index < -0.39 is 28.9 Å². The van der Waals surface area contributed by atoms with E-state index in [4.69, 9.17) is 16.3 Å². The standard InChI is InChI=1S/C22H19ClF2N4O3/c1-5-28(21(31)32-22(2,3)4)20-27-18-16(25)7-6-15(23)17(18)19(30)29(20)14-9-12(11-26)8-13(24)10-14/h6-10H,5H2,1-4H3. The molecule has 7 nitrogen and oxygen atoms in total. The molecule has 0 aliphatic heterocycles. The number of halogens is 3. The Labute approximate surface area is 187 Å². The number of hydrogen-bond acceptors (Lipinski definition) is 5. The summed E-state index contributed by atoms with van der Waals surface area (Å²) in [6.45, 7) is 6.57. The Morgan fingerprint density at radius 2 is 1.97 bits per heavy atom. The van der Waals surface area contributed by atoms with Crippen molar-refractivity contribution >= 4 is 34.5 Å². The van der Waals surface area contributed by atoms with Crippen molar-refractivity contribution < 1.29 is 18.3 Å². The Morgan fingerprint density at radius 3 is 2.56 bits per heavy atom. The SMILES string of the molecule is CCN(C(=O)OC(C)(C)C)c1nc2c(F)ccc(Cl)c2c(=O)n1-c1cc(F)cc(C#N)c1. The summed E-state index contributed by atoms with van der Waals surface area (Å²) in [7, 11) is 0. The second kappa shape index (κ2) is 8.55. The van der Waals surface area contributed by atoms with Gasteiger partial charge in [-0.05, 0) is 58.0 Å². The zero-order valence-corrected chi connectivity index (χ0v) is 18.5. The Balaban J connectivity index is 2.44. The van der Waals surface area contributed by atoms with E-state index in [0.29, 0.717) is 0 Å². The molecule has 0 saturated heterocycles. The van der Waals surface area contributed by atoms with E-state index in [9.17, 15) is 23.6 Å². The lowest BCUT2D eigenvalue weighted by Gasteiger charge is -2.27. The number of amides is 1. The summed E-state index contributed by atoms with van der Waals surface area (Å²) in [5.41, 5.74) is -2.21. The third-order valence-electron chi connectivity index (χ3n) is 4.35. The van der Waals surface area contributed by atoms with Crippen LogP contribution in [-0.4, -0.2) is 27.8 Å². The minimum Gasteiger partial charge on any atom is -0.443 e. The van der Waals surface area contributed by atoms with Crippen LogP contribution < -0.4 is 10.5 Å². The van der Waals surface area contributed by atoms with Crippen molar-refractivity contribution in [3.05, 3.63) is 62.9 Å². The zero-order chi connectivity index (χ0) is 23.8. The number of fused-ring (bicyclic) bond motifs is 1. The third kappa shape index (κ3) is 4.41. The number of aromatic nitrogens is 2. The smallest absolute Gasteiger partial charge is 0.417 e. The zero-order valence-electron chi connectivity index (χ0n) is 17.7. The maximum Gasteiger partial charge on any atom is 0.417 e. The van der Waals surface area contributed by atoms with Gasteiger partial charge in [-0.15, -0.1) is 0 Å². The molecule has 1 aromatic heterocycles. The highest BCUT2D eigenvalue weighted by atomic mass is 35.5. The molecule has 0 bridgehead atoms. The molecular weight excluding hydrogens is 442 g/mol. The number of ether oxygens (including phenoxy) is 1. The van der Waals surface area contributed by atoms with Gasteiger partial charge in [0.25, 0.3) is 5.56 Å². The monoisotopic (exact) mass is 460 g/mol. The van der Waals surface area contributed by atoms with E-state index in [0.717, 1.165) is 27.7 Å². The number of rotatable bonds is 3. The number of carbonyl (C=O) groups excluding carboxylic acids is 1. The van der Waals surface area contributed by atoms with Crippen molar-refractivity contribution in [3.63, 3.8) is 0 Å². The average molecular weight is 461 g/mol. The van der Waals surface area contributed by atoms with Crippen molar-refractivity contribution in [2.75, 3.05) is 11.4 Å². The van der Waals surface area contributed by atoms with Crippen LogP contribution in [0.3, 0.4) is 0 Å². The number of hydrogen-bond donors (Lipinski definition) is 0. The normalized spacial score (nSPS) is 11.3. The first-order chi connectivity index (χ1) is 15.0. The molecule has 0 unspecified atom stereocenters. The molecule has 1 amide bonds. The van der Waals surface area contributed by atoms with E-state index in [2.05, 4.69) is 4.98 Å². The van der Waals surface area contributed by atoms with E-state index in [1.54, 1.807) is 33.8 Å². The first-order valence-corrected chi connectivity index (χ1v) is 9.97. The lowest BCUT2D eigenvalue weighted by molar-refractivity contribution is 0.0579. The summed E-state index contributed by atoms with van der Waals surface area (Å²) >= 11 is 6.15. The van der Waals surface area contributed by atoms with Crippen LogP contribution in [0, 0.1) is 23.0 Å². The fourth-order valence-electron chi connectivity index (χ4n) is 3.06. The Kier molecular flexibility index (Phi) is 6.19. The summed E-state index contributed by atoms with van der Waals surface area (Å²) < 4.78 is 35.1. The molecule has 0 radical (unpaired) electrons. The van der Waals surface area contributed by atoms with Crippen LogP contribution in [0.25, 0.3) is 16.6 Å². The van der Waals surface area contributed by atoms with Gasteiger partial charge in [-0.1, -0.05) is 11.6 Å². The Bertz CT molecular complexity index is 1330. The third-order valence-corrected chi connectivity index (χ3v) is 4.66. The molecule has 10 heteroatoms. The molecule has 0 aliphatic carbocycles. The van der Waals surface area contributed by atoms with E-state index in [-0.39, 0.29) is 39.7 Å². The summed E-state index contributed by atoms with van der Waals surface area (Å²) in [6, 6.07) is 7.28. The Hall–Kier alpha value is -3.51. The molecule has 32 heavy (non-hydrogen) atoms. The van der Waals surface area contributed by atoms with Gasteiger partial charge in [0.15, 0.2) is 0 Å². The second-order valence-electron chi connectivity index (χ2n) is 7.84. The van der Waals surface area contributed by atoms with Crippen LogP contribution in [0.4, 0.5) is 19.5 Å². The minimum absolute atomic E-state index is 0.00450. The Morgan fingerprint density at radius 1 is 1.28 bits per heavy atom. The van der Waals surface area contributed by atoms with Gasteiger partial charge >= 0.3 is 6.09 Å². The lowest BCUT2D eigenvalue weighted by atomic mass is 10.2. The molecule has 0 spiro atoms. The fraction of sp³-hybridized carbons (Fsp3) is 0.273. The molecule has 1 heterocycles. The molecule has 0 aliphatic rings. The largest absolute Gasteiger partial charge is 0.443 e. The van der Waals surface area contributed by atoms with Gasteiger partial charge in [0, 0.05) is 6.54 Å². The predicted octanol–water partition coefficient (Wildman–Crippen LogP) is 4.95. The summed E-state index contributed by atoms with van der Waals surface area (Å²) in [5, 5.41) is 8.90. The van der Waals surface area contributed by atoms with Gasteiger partial charge in [0.05, 0.1) is 27.7 Å². The molecule has 3 aromatic rings. The lowest BCUT2D eigenvalue weighted by Crippen LogP contribution is -2.40. The van der Waals surface area contributed by atoms with Crippen LogP contribution in [0.15, 0.2) is 35.1 Å². The molecule has 0 fully saturated rings. The van der Waals surface area contributed by atoms with Crippen molar-refractivity contribution in [2.24, 2.45) is 0 Å². The summed E-state index contributed by atoms with van der Waals surface area (Å²) in [4.78, 5) is 31.5. The molecule has 2 aromatic carbocycles. The quantitative estimate of drug-likeness (QED) is 0.551. The van der Waals surface area contributed by atoms with Crippen LogP contribution >= 0.6 is 11.6 Å². The maximum absolute atomic E-state index is 14.6. The van der Waals surface area contributed by atoms with Gasteiger partial charge in [0.1, 0.15) is 22.8 Å².